The Morgan fingerprint density at radius 2 is 2.09 bits per heavy atom. The van der Waals surface area contributed by atoms with Gasteiger partial charge in [-0.1, -0.05) is 0 Å². The molecule has 3 aromatic rings. The Hall–Kier alpha value is -3.95. The fraction of sp³-hybridized carbons (Fsp3) is 0.450. The Balaban J connectivity index is 1.57. The van der Waals surface area contributed by atoms with Gasteiger partial charge in [0.15, 0.2) is 23.8 Å². The molecule has 15 heteroatoms. The van der Waals surface area contributed by atoms with Crippen LogP contribution in [0.5, 0.6) is 0 Å². The maximum atomic E-state index is 12.2. The maximum Gasteiger partial charge on any atom is 0.341 e. The van der Waals surface area contributed by atoms with Crippen LogP contribution in [0.4, 0.5) is 11.8 Å². The third kappa shape index (κ3) is 4.55. The van der Waals surface area contributed by atoms with Crippen LogP contribution < -0.4 is 11.1 Å². The van der Waals surface area contributed by atoms with Crippen LogP contribution >= 0.6 is 0 Å². The highest BCUT2D eigenvalue weighted by molar-refractivity contribution is 5.90. The lowest BCUT2D eigenvalue weighted by molar-refractivity contribution is -0.137. The quantitative estimate of drug-likeness (QED) is 0.259. The summed E-state index contributed by atoms with van der Waals surface area (Å²) in [5.41, 5.74) is 6.63. The van der Waals surface area contributed by atoms with Crippen LogP contribution in [0.25, 0.3) is 11.2 Å². The number of rotatable bonds is 7. The third-order valence-electron chi connectivity index (χ3n) is 5.32. The van der Waals surface area contributed by atoms with Gasteiger partial charge in [0.25, 0.3) is 11.9 Å². The highest BCUT2D eigenvalue weighted by Gasteiger charge is 2.47. The van der Waals surface area contributed by atoms with Gasteiger partial charge in [-0.15, -0.1) is 5.11 Å². The summed E-state index contributed by atoms with van der Waals surface area (Å²) < 4.78 is 17.1. The number of ether oxygens (including phenoxy) is 2. The van der Waals surface area contributed by atoms with E-state index in [0.29, 0.717) is 18.1 Å². The van der Waals surface area contributed by atoms with E-state index in [2.05, 4.69) is 35.2 Å². The Bertz CT molecular complexity index is 1290. The molecule has 1 aliphatic rings. The number of nitrogens with two attached hydrogens (primary N) is 1. The molecule has 0 unspecified atom stereocenters. The monoisotopic (exact) mass is 488 g/mol. The Morgan fingerprint density at radius 3 is 2.80 bits per heavy atom. The van der Waals surface area contributed by atoms with Crippen molar-refractivity contribution in [2.45, 2.75) is 44.9 Å². The molecule has 35 heavy (non-hydrogen) atoms. The number of imidazole rings is 1. The van der Waals surface area contributed by atoms with Gasteiger partial charge in [-0.2, -0.15) is 15.1 Å². The number of aromatic nitrogens is 4. The van der Waals surface area contributed by atoms with Crippen molar-refractivity contribution in [3.63, 3.8) is 0 Å². The average Bonchev–Trinajstić information content (AvgIpc) is 3.50. The van der Waals surface area contributed by atoms with E-state index in [-0.39, 0.29) is 35.0 Å². The number of azo groups is 1. The summed E-state index contributed by atoms with van der Waals surface area (Å²) in [4.78, 5) is 36.3. The van der Waals surface area contributed by atoms with Crippen LogP contribution in [-0.2, 0) is 20.8 Å². The second-order valence-corrected chi connectivity index (χ2v) is 7.63. The molecule has 1 fully saturated rings. The number of nitrogens with zero attached hydrogens (tertiary/aromatic N) is 6. The highest BCUT2D eigenvalue weighted by atomic mass is 16.6. The molecule has 186 valence electrons. The van der Waals surface area contributed by atoms with Crippen LogP contribution in [0.3, 0.4) is 0 Å². The van der Waals surface area contributed by atoms with Gasteiger partial charge in [0.1, 0.15) is 41.4 Å². The number of aliphatic hydroxyl groups excluding tert-OH is 2. The molecular weight excluding hydrogens is 464 g/mol. The molecule has 0 aliphatic carbocycles. The minimum atomic E-state index is -1.46. The van der Waals surface area contributed by atoms with Gasteiger partial charge in [0.05, 0.1) is 13.4 Å². The van der Waals surface area contributed by atoms with Crippen molar-refractivity contribution in [3.8, 4) is 0 Å². The molecule has 1 aliphatic heterocycles. The van der Waals surface area contributed by atoms with E-state index in [0.717, 1.165) is 0 Å². The number of amides is 1. The molecule has 0 bridgehead atoms. The van der Waals surface area contributed by atoms with Gasteiger partial charge in [-0.3, -0.25) is 9.36 Å². The molecule has 1 saturated heterocycles. The van der Waals surface area contributed by atoms with E-state index >= 15 is 0 Å². The van der Waals surface area contributed by atoms with E-state index in [1.54, 1.807) is 13.8 Å². The van der Waals surface area contributed by atoms with Crippen molar-refractivity contribution >= 4 is 34.8 Å². The first-order valence-corrected chi connectivity index (χ1v) is 10.6. The zero-order valence-electron chi connectivity index (χ0n) is 19.1. The topological polar surface area (TPSA) is 213 Å². The van der Waals surface area contributed by atoms with Crippen LogP contribution in [0.15, 0.2) is 27.0 Å². The summed E-state index contributed by atoms with van der Waals surface area (Å²) in [6.07, 6.45) is -4.04. The van der Waals surface area contributed by atoms with E-state index < -0.39 is 36.4 Å². The maximum absolute atomic E-state index is 12.2. The van der Waals surface area contributed by atoms with Crippen molar-refractivity contribution in [2.75, 3.05) is 19.4 Å². The lowest BCUT2D eigenvalue weighted by atomic mass is 10.1. The number of carbonyl (C=O) groups is 2. The Morgan fingerprint density at radius 1 is 1.31 bits per heavy atom. The summed E-state index contributed by atoms with van der Waals surface area (Å²) in [5, 5.41) is 31.3. The fourth-order valence-electron chi connectivity index (χ4n) is 3.64. The molecule has 0 aromatic carbocycles. The van der Waals surface area contributed by atoms with E-state index in [1.165, 1.54) is 24.1 Å². The number of furan rings is 1. The number of nitrogens with one attached hydrogen (secondary N) is 1. The summed E-state index contributed by atoms with van der Waals surface area (Å²) in [5.74, 6) is -0.438. The van der Waals surface area contributed by atoms with Gasteiger partial charge in [0.2, 0.25) is 0 Å². The first kappa shape index (κ1) is 24.2. The summed E-state index contributed by atoms with van der Waals surface area (Å²) in [6.45, 7) is 3.67. The minimum absolute atomic E-state index is 0.00201. The van der Waals surface area contributed by atoms with Crippen LogP contribution in [0, 0.1) is 6.92 Å². The lowest BCUT2D eigenvalue weighted by Crippen LogP contribution is -2.42. The van der Waals surface area contributed by atoms with Gasteiger partial charge < -0.3 is 35.2 Å². The third-order valence-corrected chi connectivity index (χ3v) is 5.32. The number of methoxy groups -OCH3 is 1. The van der Waals surface area contributed by atoms with E-state index in [9.17, 15) is 19.8 Å². The molecule has 4 heterocycles. The standard InChI is InChI=1S/C20H24N8O7/c1-4-22-17(31)14-12(29)13(30)18(35-14)28-7-23-11-15(21)25-20(26-16(11)28)27-24-6-9-5-10(8(2)34-9)19(32)33-3/h5,7,12-14,18,29-30H,4,6H2,1-3H3,(H,22,31)(H2,21,25,26)/t12-,13+,14-,18+/m0/s1. The molecule has 0 spiro atoms. The number of hydrogen-bond donors (Lipinski definition) is 4. The number of nitrogen functional groups attached to an aromatic ring is 1. The lowest BCUT2D eigenvalue weighted by Gasteiger charge is -2.16. The smallest absolute Gasteiger partial charge is 0.341 e. The fourth-order valence-corrected chi connectivity index (χ4v) is 3.64. The number of hydrogen-bond acceptors (Lipinski definition) is 13. The molecule has 0 saturated carbocycles. The van der Waals surface area contributed by atoms with Crippen molar-refractivity contribution in [1.82, 2.24) is 24.8 Å². The second kappa shape index (κ2) is 9.73. The van der Waals surface area contributed by atoms with Crippen LogP contribution in [0.2, 0.25) is 0 Å². The zero-order valence-corrected chi connectivity index (χ0v) is 19.1. The van der Waals surface area contributed by atoms with Gasteiger partial charge >= 0.3 is 5.97 Å². The first-order chi connectivity index (χ1) is 16.7. The number of anilines is 1. The molecule has 3 aromatic heterocycles. The molecule has 1 amide bonds. The largest absolute Gasteiger partial charge is 0.465 e. The van der Waals surface area contributed by atoms with Crippen molar-refractivity contribution in [3.05, 3.63) is 29.5 Å². The highest BCUT2D eigenvalue weighted by Crippen LogP contribution is 2.33. The van der Waals surface area contributed by atoms with Crippen LogP contribution in [-0.4, -0.2) is 73.6 Å². The molecule has 5 N–H and O–H groups in total. The van der Waals surface area contributed by atoms with Crippen molar-refractivity contribution in [2.24, 2.45) is 10.2 Å². The molecule has 4 atom stereocenters. The van der Waals surface area contributed by atoms with Crippen LogP contribution in [0.1, 0.15) is 35.0 Å². The number of aliphatic hydroxyl groups is 2. The normalized spacial score (nSPS) is 22.2. The molecular formula is C20H24N8O7. The predicted molar refractivity (Wildman–Crippen MR) is 117 cm³/mol. The number of likely N-dealkylation sites (N-methyl/N-ethyl adjacent to an activating group) is 1. The number of aryl methyl sites for hydroxylation is 1. The number of esters is 1. The van der Waals surface area contributed by atoms with E-state index in [1.807, 2.05) is 0 Å². The second-order valence-electron chi connectivity index (χ2n) is 7.63. The number of carbonyl (C=O) groups excluding carboxylic acids is 2. The van der Waals surface area contributed by atoms with Crippen molar-refractivity contribution < 1.29 is 33.7 Å². The summed E-state index contributed by atoms with van der Waals surface area (Å²) >= 11 is 0. The SMILES string of the molecule is CCNC(=O)[C@H]1O[C@@H](n2cnc3c(N)nc(N=NCc4cc(C(=O)OC)c(C)o4)nc32)[C@H](O)[C@@H]1O. The van der Waals surface area contributed by atoms with Crippen molar-refractivity contribution in [1.29, 1.82) is 0 Å². The zero-order chi connectivity index (χ0) is 25.3. The average molecular weight is 488 g/mol. The minimum Gasteiger partial charge on any atom is -0.465 e. The first-order valence-electron chi connectivity index (χ1n) is 10.6. The van der Waals surface area contributed by atoms with E-state index in [4.69, 9.17) is 14.9 Å². The molecule has 4 rings (SSSR count). The van der Waals surface area contributed by atoms with Gasteiger partial charge in [0, 0.05) is 6.54 Å². The Kier molecular flexibility index (Phi) is 6.72. The molecule has 0 radical (unpaired) electrons. The predicted octanol–water partition coefficient (Wildman–Crippen LogP) is 0.136. The number of fused-ring (bicyclic) bond motifs is 1. The van der Waals surface area contributed by atoms with Gasteiger partial charge in [-0.05, 0) is 19.9 Å². The van der Waals surface area contributed by atoms with Gasteiger partial charge in [-0.25, -0.2) is 9.78 Å². The summed E-state index contributed by atoms with van der Waals surface area (Å²) in [6, 6.07) is 1.50. The molecule has 15 nitrogen and oxygen atoms in total. The Labute approximate surface area is 198 Å². The summed E-state index contributed by atoms with van der Waals surface area (Å²) in [7, 11) is 1.27.